The van der Waals surface area contributed by atoms with E-state index in [0.29, 0.717) is 13.0 Å². The molecule has 6 nitrogen and oxygen atoms in total. The van der Waals surface area contributed by atoms with Gasteiger partial charge in [-0.3, -0.25) is 4.98 Å². The number of carbonyl (C=O) groups is 1. The highest BCUT2D eigenvalue weighted by Gasteiger charge is 2.34. The van der Waals surface area contributed by atoms with Gasteiger partial charge in [-0.25, -0.2) is 4.79 Å². The van der Waals surface area contributed by atoms with Crippen LogP contribution in [0.2, 0.25) is 0 Å². The van der Waals surface area contributed by atoms with Crippen LogP contribution in [0.15, 0.2) is 54.9 Å². The summed E-state index contributed by atoms with van der Waals surface area (Å²) in [4.78, 5) is 17.7. The zero-order chi connectivity index (χ0) is 17.6. The number of aliphatic hydroxyl groups excluding tert-OH is 1. The molecule has 132 valence electrons. The van der Waals surface area contributed by atoms with Crippen LogP contribution < -0.4 is 5.73 Å². The Balaban J connectivity index is 1.53. The average Bonchev–Trinajstić information content (AvgIpc) is 2.67. The summed E-state index contributed by atoms with van der Waals surface area (Å²) in [5.74, 6) is -0.0967. The van der Waals surface area contributed by atoms with Crippen molar-refractivity contribution in [1.82, 2.24) is 9.88 Å². The molecule has 1 saturated heterocycles. The van der Waals surface area contributed by atoms with E-state index in [2.05, 4.69) is 4.98 Å². The lowest BCUT2D eigenvalue weighted by atomic mass is 9.84. The van der Waals surface area contributed by atoms with Crippen molar-refractivity contribution in [3.05, 3.63) is 66.0 Å². The van der Waals surface area contributed by atoms with Crippen LogP contribution >= 0.6 is 0 Å². The average molecular weight is 341 g/mol. The minimum atomic E-state index is -0.679. The molecule has 2 heterocycles. The van der Waals surface area contributed by atoms with Gasteiger partial charge in [0, 0.05) is 30.9 Å². The molecule has 1 aliphatic rings. The number of rotatable bonds is 4. The smallest absolute Gasteiger partial charge is 0.410 e. The van der Waals surface area contributed by atoms with Crippen LogP contribution in [-0.4, -0.2) is 40.3 Å². The molecule has 3 N–H and O–H groups in total. The number of hydrogen-bond donors (Lipinski definition) is 2. The molecule has 1 aromatic heterocycles. The van der Waals surface area contributed by atoms with Crippen LogP contribution in [0.5, 0.6) is 0 Å². The normalized spacial score (nSPS) is 21.6. The maximum Gasteiger partial charge on any atom is 0.410 e. The van der Waals surface area contributed by atoms with Crippen molar-refractivity contribution in [1.29, 1.82) is 0 Å². The number of nitrogens with zero attached hydrogens (tertiary/aromatic N) is 2. The van der Waals surface area contributed by atoms with E-state index >= 15 is 0 Å². The molecule has 6 heteroatoms. The van der Waals surface area contributed by atoms with Crippen LogP contribution in [0.3, 0.4) is 0 Å². The summed E-state index contributed by atoms with van der Waals surface area (Å²) in [6, 6.07) is 13.0. The Bertz CT molecular complexity index is 681. The molecule has 1 aromatic carbocycles. The van der Waals surface area contributed by atoms with Crippen molar-refractivity contribution >= 4 is 6.09 Å². The number of benzene rings is 1. The van der Waals surface area contributed by atoms with Gasteiger partial charge in [0.1, 0.15) is 6.61 Å². The minimum Gasteiger partial charge on any atom is -0.445 e. The lowest BCUT2D eigenvalue weighted by Gasteiger charge is -2.38. The van der Waals surface area contributed by atoms with Crippen LogP contribution in [0, 0.1) is 5.92 Å². The van der Waals surface area contributed by atoms with Gasteiger partial charge < -0.3 is 20.5 Å². The van der Waals surface area contributed by atoms with Gasteiger partial charge in [0.05, 0.1) is 12.6 Å². The summed E-state index contributed by atoms with van der Waals surface area (Å²) in [5, 5.41) is 10.5. The fourth-order valence-corrected chi connectivity index (χ4v) is 3.18. The fraction of sp³-hybridized carbons (Fsp3) is 0.368. The predicted molar refractivity (Wildman–Crippen MR) is 93.5 cm³/mol. The van der Waals surface area contributed by atoms with Gasteiger partial charge >= 0.3 is 6.09 Å². The van der Waals surface area contributed by atoms with Gasteiger partial charge in [0.25, 0.3) is 0 Å². The molecular weight excluding hydrogens is 318 g/mol. The zero-order valence-electron chi connectivity index (χ0n) is 14.0. The topological polar surface area (TPSA) is 88.7 Å². The van der Waals surface area contributed by atoms with Crippen LogP contribution in [0.1, 0.15) is 23.6 Å². The Morgan fingerprint density at radius 2 is 2.00 bits per heavy atom. The summed E-state index contributed by atoms with van der Waals surface area (Å²) in [7, 11) is 0. The van der Waals surface area contributed by atoms with Gasteiger partial charge in [-0.05, 0) is 29.7 Å². The van der Waals surface area contributed by atoms with E-state index in [-0.39, 0.29) is 25.1 Å². The van der Waals surface area contributed by atoms with E-state index in [1.165, 1.54) is 0 Å². The predicted octanol–water partition coefficient (Wildman–Crippen LogP) is 2.10. The number of amides is 1. The van der Waals surface area contributed by atoms with Gasteiger partial charge in [-0.2, -0.15) is 0 Å². The Labute approximate surface area is 147 Å². The first-order valence-corrected chi connectivity index (χ1v) is 8.44. The summed E-state index contributed by atoms with van der Waals surface area (Å²) in [5.41, 5.74) is 8.17. The largest absolute Gasteiger partial charge is 0.445 e. The van der Waals surface area contributed by atoms with E-state index in [9.17, 15) is 9.90 Å². The number of nitrogens with two attached hydrogens (primary N) is 1. The molecule has 0 spiro atoms. The molecule has 0 bridgehead atoms. The monoisotopic (exact) mass is 341 g/mol. The highest BCUT2D eigenvalue weighted by Crippen LogP contribution is 2.29. The Kier molecular flexibility index (Phi) is 5.63. The summed E-state index contributed by atoms with van der Waals surface area (Å²) in [6.45, 7) is 0.984. The second-order valence-electron chi connectivity index (χ2n) is 6.31. The van der Waals surface area contributed by atoms with Crippen LogP contribution in [0.4, 0.5) is 4.79 Å². The molecule has 1 fully saturated rings. The van der Waals surface area contributed by atoms with E-state index < -0.39 is 12.2 Å². The van der Waals surface area contributed by atoms with Crippen molar-refractivity contribution in [2.24, 2.45) is 11.7 Å². The van der Waals surface area contributed by atoms with Crippen molar-refractivity contribution in [2.75, 3.05) is 13.1 Å². The Hall–Kier alpha value is -2.44. The van der Waals surface area contributed by atoms with Crippen molar-refractivity contribution in [3.8, 4) is 0 Å². The standard InChI is InChI=1S/C19H23N3O3/c20-18(15-6-9-21-10-7-15)16-8-11-22(12-17(16)23)19(24)25-13-14-4-2-1-3-5-14/h1-7,9-10,16-18,23H,8,11-13,20H2. The van der Waals surface area contributed by atoms with Gasteiger partial charge in [-0.1, -0.05) is 30.3 Å². The van der Waals surface area contributed by atoms with Gasteiger partial charge in [0.15, 0.2) is 0 Å². The molecule has 25 heavy (non-hydrogen) atoms. The SMILES string of the molecule is NC(c1ccncc1)C1CCN(C(=O)OCc2ccccc2)CC1O. The number of hydrogen-bond acceptors (Lipinski definition) is 5. The quantitative estimate of drug-likeness (QED) is 0.889. The lowest BCUT2D eigenvalue weighted by Crippen LogP contribution is -2.49. The fourth-order valence-electron chi connectivity index (χ4n) is 3.18. The Morgan fingerprint density at radius 1 is 1.28 bits per heavy atom. The van der Waals surface area contributed by atoms with Crippen LogP contribution in [-0.2, 0) is 11.3 Å². The maximum atomic E-state index is 12.2. The van der Waals surface area contributed by atoms with Crippen molar-refractivity contribution < 1.29 is 14.6 Å². The molecule has 3 rings (SSSR count). The molecule has 0 saturated carbocycles. The van der Waals surface area contributed by atoms with E-state index in [1.54, 1.807) is 17.3 Å². The van der Waals surface area contributed by atoms with E-state index in [1.807, 2.05) is 42.5 Å². The Morgan fingerprint density at radius 3 is 2.68 bits per heavy atom. The van der Waals surface area contributed by atoms with Crippen molar-refractivity contribution in [3.63, 3.8) is 0 Å². The maximum absolute atomic E-state index is 12.2. The molecule has 3 atom stereocenters. The van der Waals surface area contributed by atoms with Gasteiger partial charge in [0.2, 0.25) is 0 Å². The zero-order valence-corrected chi connectivity index (χ0v) is 14.0. The summed E-state index contributed by atoms with van der Waals surface area (Å²) in [6.07, 6.45) is 2.93. The number of carbonyl (C=O) groups excluding carboxylic acids is 1. The summed E-state index contributed by atoms with van der Waals surface area (Å²) < 4.78 is 5.33. The number of likely N-dealkylation sites (tertiary alicyclic amines) is 1. The molecule has 1 amide bonds. The van der Waals surface area contributed by atoms with Gasteiger partial charge in [-0.15, -0.1) is 0 Å². The number of ether oxygens (including phenoxy) is 1. The molecule has 3 unspecified atom stereocenters. The second kappa shape index (κ2) is 8.09. The molecule has 2 aromatic rings. The third-order valence-corrected chi connectivity index (χ3v) is 4.65. The third-order valence-electron chi connectivity index (χ3n) is 4.65. The van der Waals surface area contributed by atoms with Crippen LogP contribution in [0.25, 0.3) is 0 Å². The summed E-state index contributed by atoms with van der Waals surface area (Å²) >= 11 is 0. The molecular formula is C19H23N3O3. The van der Waals surface area contributed by atoms with Crippen molar-refractivity contribution in [2.45, 2.75) is 25.2 Å². The highest BCUT2D eigenvalue weighted by atomic mass is 16.6. The number of aromatic nitrogens is 1. The number of piperidine rings is 1. The first-order valence-electron chi connectivity index (χ1n) is 8.44. The number of β-amino-alcohol motifs (C(OH)–C–C–N with tert-alkyl or cyclic N) is 1. The third kappa shape index (κ3) is 4.35. The minimum absolute atomic E-state index is 0.0967. The molecule has 0 radical (unpaired) electrons. The van der Waals surface area contributed by atoms with E-state index in [4.69, 9.17) is 10.5 Å². The number of aliphatic hydroxyl groups is 1. The lowest BCUT2D eigenvalue weighted by molar-refractivity contribution is 0.00528. The first kappa shape index (κ1) is 17.4. The number of pyridine rings is 1. The highest BCUT2D eigenvalue weighted by molar-refractivity contribution is 5.67. The first-order chi connectivity index (χ1) is 12.1. The second-order valence-corrected chi connectivity index (χ2v) is 6.31. The molecule has 0 aliphatic carbocycles. The molecule has 1 aliphatic heterocycles. The van der Waals surface area contributed by atoms with E-state index in [0.717, 1.165) is 11.1 Å².